The fourth-order valence-electron chi connectivity index (χ4n) is 1.33. The van der Waals surface area contributed by atoms with Crippen molar-refractivity contribution in [2.75, 3.05) is 13.2 Å². The minimum absolute atomic E-state index is 0.0151. The summed E-state index contributed by atoms with van der Waals surface area (Å²) in [4.78, 5) is 11.4. The highest BCUT2D eigenvalue weighted by atomic mass is 16.5. The third kappa shape index (κ3) is 4.45. The Bertz CT molecular complexity index is 430. The molecule has 0 aromatic heterocycles. The lowest BCUT2D eigenvalue weighted by Gasteiger charge is -2.07. The summed E-state index contributed by atoms with van der Waals surface area (Å²) in [7, 11) is 0. The van der Waals surface area contributed by atoms with Gasteiger partial charge >= 0.3 is 0 Å². The summed E-state index contributed by atoms with van der Waals surface area (Å²) in [6.45, 7) is 4.31. The zero-order valence-corrected chi connectivity index (χ0v) is 10.6. The van der Waals surface area contributed by atoms with Gasteiger partial charge in [0.1, 0.15) is 5.75 Å². The first kappa shape index (κ1) is 14.0. The summed E-state index contributed by atoms with van der Waals surface area (Å²) >= 11 is 0. The third-order valence-electron chi connectivity index (χ3n) is 2.34. The molecule has 0 aliphatic heterocycles. The predicted molar refractivity (Wildman–Crippen MR) is 69.2 cm³/mol. The lowest BCUT2D eigenvalue weighted by Crippen LogP contribution is -2.29. The molecule has 0 bridgehead atoms. The standard InChI is InChI=1S/C13H18N2O3/c1-3-7-14-13(16)9-18-12-6-4-5-11(8-12)10(2)15-17/h4-6,8,17H,3,7,9H2,1-2H3,(H,14,16)/b15-10+. The molecule has 0 unspecified atom stereocenters. The lowest BCUT2D eigenvalue weighted by molar-refractivity contribution is -0.123. The Labute approximate surface area is 106 Å². The highest BCUT2D eigenvalue weighted by molar-refractivity contribution is 5.98. The van der Waals surface area contributed by atoms with Gasteiger partial charge in [0.05, 0.1) is 5.71 Å². The van der Waals surface area contributed by atoms with E-state index in [1.54, 1.807) is 31.2 Å². The van der Waals surface area contributed by atoms with E-state index in [0.29, 0.717) is 18.0 Å². The number of ether oxygens (including phenoxy) is 1. The average molecular weight is 250 g/mol. The quantitative estimate of drug-likeness (QED) is 0.459. The number of rotatable bonds is 6. The van der Waals surface area contributed by atoms with Gasteiger partial charge in [-0.3, -0.25) is 4.79 Å². The van der Waals surface area contributed by atoms with Crippen molar-refractivity contribution in [3.8, 4) is 5.75 Å². The highest BCUT2D eigenvalue weighted by Crippen LogP contribution is 2.13. The molecule has 0 radical (unpaired) electrons. The molecule has 98 valence electrons. The fraction of sp³-hybridized carbons (Fsp3) is 0.385. The molecule has 5 heteroatoms. The van der Waals surface area contributed by atoms with E-state index in [1.165, 1.54) is 0 Å². The van der Waals surface area contributed by atoms with Gasteiger partial charge in [-0.1, -0.05) is 24.2 Å². The van der Waals surface area contributed by atoms with Crippen LogP contribution in [0.4, 0.5) is 0 Å². The molecule has 0 saturated carbocycles. The molecule has 1 aromatic rings. The molecule has 0 spiro atoms. The Hall–Kier alpha value is -2.04. The van der Waals surface area contributed by atoms with E-state index < -0.39 is 0 Å². The number of hydrogen-bond donors (Lipinski definition) is 2. The Kier molecular flexibility index (Phi) is 5.70. The third-order valence-corrected chi connectivity index (χ3v) is 2.34. The molecule has 0 atom stereocenters. The maximum absolute atomic E-state index is 11.4. The average Bonchev–Trinajstić information content (AvgIpc) is 2.42. The topological polar surface area (TPSA) is 70.9 Å². The van der Waals surface area contributed by atoms with Crippen molar-refractivity contribution in [2.24, 2.45) is 5.16 Å². The van der Waals surface area contributed by atoms with Crippen LogP contribution in [0.5, 0.6) is 5.75 Å². The maximum atomic E-state index is 11.4. The van der Waals surface area contributed by atoms with Gasteiger partial charge in [-0.2, -0.15) is 0 Å². The molecule has 18 heavy (non-hydrogen) atoms. The number of nitrogens with zero attached hydrogens (tertiary/aromatic N) is 1. The number of benzene rings is 1. The van der Waals surface area contributed by atoms with Crippen LogP contribution in [-0.4, -0.2) is 30.0 Å². The largest absolute Gasteiger partial charge is 0.484 e. The number of oxime groups is 1. The molecular formula is C13H18N2O3. The van der Waals surface area contributed by atoms with Crippen molar-refractivity contribution < 1.29 is 14.7 Å². The van der Waals surface area contributed by atoms with Crippen LogP contribution in [0.25, 0.3) is 0 Å². The zero-order chi connectivity index (χ0) is 13.4. The van der Waals surface area contributed by atoms with Crippen molar-refractivity contribution in [1.82, 2.24) is 5.32 Å². The van der Waals surface area contributed by atoms with Crippen molar-refractivity contribution in [2.45, 2.75) is 20.3 Å². The maximum Gasteiger partial charge on any atom is 0.257 e. The molecule has 0 fully saturated rings. The van der Waals surface area contributed by atoms with Gasteiger partial charge in [0.25, 0.3) is 5.91 Å². The van der Waals surface area contributed by atoms with Gasteiger partial charge in [0, 0.05) is 12.1 Å². The Morgan fingerprint density at radius 3 is 2.94 bits per heavy atom. The van der Waals surface area contributed by atoms with E-state index in [1.807, 2.05) is 6.92 Å². The van der Waals surface area contributed by atoms with Crippen LogP contribution in [0.1, 0.15) is 25.8 Å². The van der Waals surface area contributed by atoms with E-state index >= 15 is 0 Å². The molecule has 0 saturated heterocycles. The SMILES string of the molecule is CCCNC(=O)COc1cccc(/C(C)=N/O)c1. The number of nitrogens with one attached hydrogen (secondary N) is 1. The molecule has 0 heterocycles. The summed E-state index contributed by atoms with van der Waals surface area (Å²) in [5.41, 5.74) is 1.25. The molecular weight excluding hydrogens is 232 g/mol. The van der Waals surface area contributed by atoms with Crippen LogP contribution < -0.4 is 10.1 Å². The number of carbonyl (C=O) groups excluding carboxylic acids is 1. The zero-order valence-electron chi connectivity index (χ0n) is 10.6. The molecule has 5 nitrogen and oxygen atoms in total. The lowest BCUT2D eigenvalue weighted by atomic mass is 10.1. The molecule has 2 N–H and O–H groups in total. The predicted octanol–water partition coefficient (Wildman–Crippen LogP) is 1.79. The van der Waals surface area contributed by atoms with Crippen LogP contribution in [0.15, 0.2) is 29.4 Å². The number of carbonyl (C=O) groups is 1. The van der Waals surface area contributed by atoms with E-state index in [0.717, 1.165) is 12.0 Å². The first-order chi connectivity index (χ1) is 8.67. The van der Waals surface area contributed by atoms with Crippen molar-refractivity contribution >= 4 is 11.6 Å². The van der Waals surface area contributed by atoms with Gasteiger partial charge in [0.15, 0.2) is 6.61 Å². The molecule has 1 amide bonds. The molecule has 1 rings (SSSR count). The number of amides is 1. The summed E-state index contributed by atoms with van der Waals surface area (Å²) in [6.07, 6.45) is 0.896. The van der Waals surface area contributed by atoms with Gasteiger partial charge in [-0.15, -0.1) is 0 Å². The van der Waals surface area contributed by atoms with E-state index in [9.17, 15) is 4.79 Å². The summed E-state index contributed by atoms with van der Waals surface area (Å²) in [5, 5.41) is 14.5. The van der Waals surface area contributed by atoms with Crippen molar-refractivity contribution in [1.29, 1.82) is 0 Å². The van der Waals surface area contributed by atoms with Crippen LogP contribution in [-0.2, 0) is 4.79 Å². The van der Waals surface area contributed by atoms with Gasteiger partial charge in [-0.05, 0) is 25.5 Å². The molecule has 1 aromatic carbocycles. The van der Waals surface area contributed by atoms with Crippen LogP contribution in [0, 0.1) is 0 Å². The van der Waals surface area contributed by atoms with Gasteiger partial charge in [-0.25, -0.2) is 0 Å². The minimum atomic E-state index is -0.144. The Balaban J connectivity index is 2.55. The first-order valence-electron chi connectivity index (χ1n) is 5.86. The smallest absolute Gasteiger partial charge is 0.257 e. The van der Waals surface area contributed by atoms with Crippen LogP contribution in [0.3, 0.4) is 0 Å². The Morgan fingerprint density at radius 1 is 1.50 bits per heavy atom. The monoisotopic (exact) mass is 250 g/mol. The van der Waals surface area contributed by atoms with Crippen molar-refractivity contribution in [3.63, 3.8) is 0 Å². The van der Waals surface area contributed by atoms with Crippen LogP contribution >= 0.6 is 0 Å². The van der Waals surface area contributed by atoms with Crippen LogP contribution in [0.2, 0.25) is 0 Å². The van der Waals surface area contributed by atoms with E-state index in [2.05, 4.69) is 10.5 Å². The van der Waals surface area contributed by atoms with Crippen molar-refractivity contribution in [3.05, 3.63) is 29.8 Å². The van der Waals surface area contributed by atoms with E-state index in [-0.39, 0.29) is 12.5 Å². The fourth-order valence-corrected chi connectivity index (χ4v) is 1.33. The van der Waals surface area contributed by atoms with E-state index in [4.69, 9.17) is 9.94 Å². The summed E-state index contributed by atoms with van der Waals surface area (Å²) in [6, 6.07) is 7.06. The summed E-state index contributed by atoms with van der Waals surface area (Å²) < 4.78 is 5.35. The molecule has 0 aliphatic rings. The second-order valence-electron chi connectivity index (χ2n) is 3.85. The molecule has 0 aliphatic carbocycles. The second-order valence-corrected chi connectivity index (χ2v) is 3.85. The highest BCUT2D eigenvalue weighted by Gasteiger charge is 2.03. The Morgan fingerprint density at radius 2 is 2.28 bits per heavy atom. The number of hydrogen-bond acceptors (Lipinski definition) is 4. The van der Waals surface area contributed by atoms with Gasteiger partial charge < -0.3 is 15.3 Å². The minimum Gasteiger partial charge on any atom is -0.484 e. The second kappa shape index (κ2) is 7.32. The van der Waals surface area contributed by atoms with Gasteiger partial charge in [0.2, 0.25) is 0 Å². The normalized spacial score (nSPS) is 11.1. The first-order valence-corrected chi connectivity index (χ1v) is 5.86. The summed E-state index contributed by atoms with van der Waals surface area (Å²) in [5.74, 6) is 0.428.